The fourth-order valence-electron chi connectivity index (χ4n) is 5.97. The van der Waals surface area contributed by atoms with Gasteiger partial charge in [0.1, 0.15) is 5.60 Å². The Hall–Kier alpha value is -3.17. The molecular formula is C28H33F2N5O2. The van der Waals surface area contributed by atoms with Gasteiger partial charge in [-0.3, -0.25) is 9.78 Å². The molecule has 37 heavy (non-hydrogen) atoms. The van der Waals surface area contributed by atoms with Crippen molar-refractivity contribution in [1.82, 2.24) is 19.7 Å². The summed E-state index contributed by atoms with van der Waals surface area (Å²) in [7, 11) is 2.03. The number of rotatable bonds is 7. The molecule has 2 fully saturated rings. The molecule has 2 atom stereocenters. The Kier molecular flexibility index (Phi) is 6.40. The Labute approximate surface area is 215 Å². The second-order valence-corrected chi connectivity index (χ2v) is 11.1. The first-order chi connectivity index (χ1) is 17.5. The molecule has 3 aromatic rings. The smallest absolute Gasteiger partial charge is 0.333 e. The van der Waals surface area contributed by atoms with Crippen molar-refractivity contribution in [2.75, 3.05) is 31.6 Å². The lowest BCUT2D eigenvalue weighted by atomic mass is 9.62. The summed E-state index contributed by atoms with van der Waals surface area (Å²) in [6.45, 7) is 5.37. The number of anilines is 1. The molecule has 2 aromatic heterocycles. The van der Waals surface area contributed by atoms with Crippen molar-refractivity contribution in [3.05, 3.63) is 77.4 Å². The van der Waals surface area contributed by atoms with Crippen LogP contribution in [-0.2, 0) is 10.4 Å². The minimum absolute atomic E-state index is 0.117. The topological polar surface area (TPSA) is 74.5 Å². The normalized spacial score (nSPS) is 21.5. The SMILES string of the molecule is CC(C)c1ccc(C(O)(c2cncc(N3CC(c4cnn(C(F)F)c4)CC3=O)c2)C2(C)CN(C)C2)cc1. The number of carbonyl (C=O) groups is 1. The molecule has 2 saturated heterocycles. The molecule has 9 heteroatoms. The van der Waals surface area contributed by atoms with E-state index in [4.69, 9.17) is 0 Å². The highest BCUT2D eigenvalue weighted by atomic mass is 19.3. The highest BCUT2D eigenvalue weighted by molar-refractivity contribution is 5.96. The van der Waals surface area contributed by atoms with Crippen molar-refractivity contribution in [2.45, 2.75) is 51.2 Å². The van der Waals surface area contributed by atoms with Gasteiger partial charge in [-0.1, -0.05) is 45.0 Å². The van der Waals surface area contributed by atoms with Gasteiger partial charge in [0.15, 0.2) is 0 Å². The predicted octanol–water partition coefficient (Wildman–Crippen LogP) is 4.50. The number of aromatic nitrogens is 3. The highest BCUT2D eigenvalue weighted by Crippen LogP contribution is 2.50. The van der Waals surface area contributed by atoms with Crippen LogP contribution in [0.3, 0.4) is 0 Å². The third kappa shape index (κ3) is 4.34. The summed E-state index contributed by atoms with van der Waals surface area (Å²) in [5.41, 5.74) is 2.02. The summed E-state index contributed by atoms with van der Waals surface area (Å²) in [6, 6.07) is 9.94. The van der Waals surface area contributed by atoms with Gasteiger partial charge in [0, 0.05) is 55.3 Å². The average molecular weight is 510 g/mol. The zero-order valence-electron chi connectivity index (χ0n) is 21.6. The molecule has 196 valence electrons. The number of pyridine rings is 1. The fourth-order valence-corrected chi connectivity index (χ4v) is 5.97. The molecule has 1 N–H and O–H groups in total. The molecule has 4 heterocycles. The van der Waals surface area contributed by atoms with Gasteiger partial charge in [-0.2, -0.15) is 13.9 Å². The van der Waals surface area contributed by atoms with Crippen molar-refractivity contribution < 1.29 is 18.7 Å². The number of alkyl halides is 2. The Bertz CT molecular complexity index is 1290. The van der Waals surface area contributed by atoms with Crippen LogP contribution in [0.25, 0.3) is 0 Å². The van der Waals surface area contributed by atoms with Crippen LogP contribution in [0.1, 0.15) is 67.8 Å². The number of amides is 1. The Morgan fingerprint density at radius 3 is 2.41 bits per heavy atom. The number of benzene rings is 1. The molecule has 0 spiro atoms. The van der Waals surface area contributed by atoms with Crippen LogP contribution in [0.4, 0.5) is 14.5 Å². The molecule has 1 aromatic carbocycles. The van der Waals surface area contributed by atoms with Crippen LogP contribution >= 0.6 is 0 Å². The van der Waals surface area contributed by atoms with Crippen LogP contribution in [-0.4, -0.2) is 57.4 Å². The van der Waals surface area contributed by atoms with Crippen LogP contribution in [0.5, 0.6) is 0 Å². The van der Waals surface area contributed by atoms with Gasteiger partial charge < -0.3 is 14.9 Å². The number of carbonyl (C=O) groups excluding carboxylic acids is 1. The summed E-state index contributed by atoms with van der Waals surface area (Å²) >= 11 is 0. The number of aliphatic hydroxyl groups is 1. The Morgan fingerprint density at radius 2 is 1.81 bits per heavy atom. The second-order valence-electron chi connectivity index (χ2n) is 11.1. The predicted molar refractivity (Wildman–Crippen MR) is 137 cm³/mol. The number of nitrogens with zero attached hydrogens (tertiary/aromatic N) is 5. The maximum absolute atomic E-state index is 13.0. The van der Waals surface area contributed by atoms with E-state index < -0.39 is 17.6 Å². The number of hydrogen-bond donors (Lipinski definition) is 1. The monoisotopic (exact) mass is 509 g/mol. The van der Waals surface area contributed by atoms with E-state index in [1.165, 1.54) is 18.0 Å². The molecule has 1 amide bonds. The van der Waals surface area contributed by atoms with Crippen molar-refractivity contribution in [3.63, 3.8) is 0 Å². The van der Waals surface area contributed by atoms with Gasteiger partial charge in [0.2, 0.25) is 5.91 Å². The summed E-state index contributed by atoms with van der Waals surface area (Å²) in [5, 5.41) is 16.2. The minimum Gasteiger partial charge on any atom is -0.380 e. The zero-order valence-corrected chi connectivity index (χ0v) is 21.6. The lowest BCUT2D eigenvalue weighted by Gasteiger charge is -2.56. The molecule has 5 rings (SSSR count). The third-order valence-electron chi connectivity index (χ3n) is 7.98. The Morgan fingerprint density at radius 1 is 1.11 bits per heavy atom. The first-order valence-corrected chi connectivity index (χ1v) is 12.6. The highest BCUT2D eigenvalue weighted by Gasteiger charge is 2.55. The first kappa shape index (κ1) is 25.5. The van der Waals surface area contributed by atoms with Crippen molar-refractivity contribution in [1.29, 1.82) is 0 Å². The number of hydrogen-bond acceptors (Lipinski definition) is 5. The van der Waals surface area contributed by atoms with E-state index in [0.29, 0.717) is 47.0 Å². The minimum atomic E-state index is -2.72. The van der Waals surface area contributed by atoms with Crippen LogP contribution in [0, 0.1) is 5.41 Å². The van der Waals surface area contributed by atoms with E-state index in [2.05, 4.69) is 47.9 Å². The maximum Gasteiger partial charge on any atom is 0.333 e. The first-order valence-electron chi connectivity index (χ1n) is 12.6. The fraction of sp³-hybridized carbons (Fsp3) is 0.464. The molecule has 2 aliphatic rings. The average Bonchev–Trinajstić information content (AvgIpc) is 3.50. The second kappa shape index (κ2) is 9.29. The van der Waals surface area contributed by atoms with E-state index in [0.717, 1.165) is 5.56 Å². The molecule has 2 aliphatic heterocycles. The quantitative estimate of drug-likeness (QED) is 0.508. The lowest BCUT2D eigenvalue weighted by molar-refractivity contribution is -0.127. The van der Waals surface area contributed by atoms with Gasteiger partial charge in [0.05, 0.1) is 18.1 Å². The van der Waals surface area contributed by atoms with Crippen molar-refractivity contribution >= 4 is 11.6 Å². The van der Waals surface area contributed by atoms with Gasteiger partial charge in [-0.15, -0.1) is 0 Å². The van der Waals surface area contributed by atoms with Crippen molar-refractivity contribution in [2.24, 2.45) is 5.41 Å². The van der Waals surface area contributed by atoms with E-state index >= 15 is 0 Å². The van der Waals surface area contributed by atoms with Crippen molar-refractivity contribution in [3.8, 4) is 0 Å². The van der Waals surface area contributed by atoms with Crippen LogP contribution in [0.2, 0.25) is 0 Å². The molecule has 0 aliphatic carbocycles. The maximum atomic E-state index is 13.0. The van der Waals surface area contributed by atoms with Gasteiger partial charge in [0.25, 0.3) is 0 Å². The third-order valence-corrected chi connectivity index (χ3v) is 7.98. The molecule has 0 bridgehead atoms. The van der Waals surface area contributed by atoms with Crippen LogP contribution < -0.4 is 4.90 Å². The summed E-state index contributed by atoms with van der Waals surface area (Å²) in [5.74, 6) is 0.0107. The zero-order chi connectivity index (χ0) is 26.5. The van der Waals surface area contributed by atoms with Gasteiger partial charge in [-0.05, 0) is 35.7 Å². The summed E-state index contributed by atoms with van der Waals surface area (Å²) in [4.78, 5) is 21.2. The van der Waals surface area contributed by atoms with E-state index in [1.54, 1.807) is 17.3 Å². The van der Waals surface area contributed by atoms with Gasteiger partial charge >= 0.3 is 6.55 Å². The van der Waals surface area contributed by atoms with E-state index in [1.807, 2.05) is 25.2 Å². The van der Waals surface area contributed by atoms with E-state index in [-0.39, 0.29) is 18.2 Å². The van der Waals surface area contributed by atoms with Gasteiger partial charge in [-0.25, -0.2) is 4.68 Å². The molecule has 0 saturated carbocycles. The molecule has 7 nitrogen and oxygen atoms in total. The molecular weight excluding hydrogens is 476 g/mol. The number of halogens is 2. The summed E-state index contributed by atoms with van der Waals surface area (Å²) < 4.78 is 26.6. The standard InChI is InChI=1S/C28H33F2N5O2/c1-18(2)19-5-7-22(8-6-19)28(37,27(3)16-33(4)17-27)23-10-24(13-31-12-23)34-14-20(9-25(34)36)21-11-32-35(15-21)26(29)30/h5-8,10-13,15,18,20,26,37H,9,14,16-17H2,1-4H3. The Balaban J connectivity index is 1.49. The van der Waals surface area contributed by atoms with Crippen LogP contribution in [0.15, 0.2) is 55.1 Å². The molecule has 0 radical (unpaired) electrons. The number of likely N-dealkylation sites (tertiary alicyclic amines) is 1. The largest absolute Gasteiger partial charge is 0.380 e. The van der Waals surface area contributed by atoms with E-state index in [9.17, 15) is 18.7 Å². The summed E-state index contributed by atoms with van der Waals surface area (Å²) in [6.07, 6.45) is 6.19. The lowest BCUT2D eigenvalue weighted by Crippen LogP contribution is -2.63. The molecule has 2 unspecified atom stereocenters.